The van der Waals surface area contributed by atoms with Gasteiger partial charge in [0.15, 0.2) is 0 Å². The van der Waals surface area contributed by atoms with Crippen molar-refractivity contribution < 1.29 is 9.53 Å². The molecule has 15 heavy (non-hydrogen) atoms. The number of fused-ring (bicyclic) bond motifs is 1. The van der Waals surface area contributed by atoms with E-state index in [0.717, 1.165) is 30.8 Å². The highest BCUT2D eigenvalue weighted by Gasteiger charge is 2.19. The molecule has 3 nitrogen and oxygen atoms in total. The Morgan fingerprint density at radius 1 is 1.47 bits per heavy atom. The number of amides is 1. The average molecular weight is 205 g/mol. The van der Waals surface area contributed by atoms with E-state index in [1.165, 1.54) is 0 Å². The first kappa shape index (κ1) is 10.0. The molecule has 0 aromatic heterocycles. The smallest absolute Gasteiger partial charge is 0.217 e. The molecule has 0 spiro atoms. The fourth-order valence-electron chi connectivity index (χ4n) is 1.92. The first-order chi connectivity index (χ1) is 7.27. The molecular weight excluding hydrogens is 190 g/mol. The van der Waals surface area contributed by atoms with Crippen LogP contribution in [0.5, 0.6) is 5.75 Å². The maximum Gasteiger partial charge on any atom is 0.217 e. The van der Waals surface area contributed by atoms with Crippen LogP contribution in [0.25, 0.3) is 0 Å². The van der Waals surface area contributed by atoms with Crippen LogP contribution in [0.4, 0.5) is 0 Å². The molecule has 2 rings (SSSR count). The topological polar surface area (TPSA) is 38.3 Å². The van der Waals surface area contributed by atoms with Crippen LogP contribution in [-0.2, 0) is 4.79 Å². The van der Waals surface area contributed by atoms with E-state index in [1.54, 1.807) is 6.92 Å². The average Bonchev–Trinajstić information content (AvgIpc) is 2.41. The molecule has 1 aromatic rings. The summed E-state index contributed by atoms with van der Waals surface area (Å²) < 4.78 is 5.61. The minimum absolute atomic E-state index is 0.0108. The molecular formula is C12H15NO2. The number of carbonyl (C=O) groups excluding carboxylic acids is 1. The molecule has 1 aliphatic heterocycles. The van der Waals surface area contributed by atoms with Crippen molar-refractivity contribution in [3.63, 3.8) is 0 Å². The van der Waals surface area contributed by atoms with Crippen LogP contribution >= 0.6 is 0 Å². The van der Waals surface area contributed by atoms with Crippen LogP contribution in [0.3, 0.4) is 0 Å². The lowest BCUT2D eigenvalue weighted by Gasteiger charge is -2.16. The van der Waals surface area contributed by atoms with Gasteiger partial charge >= 0.3 is 0 Å². The third-order valence-corrected chi connectivity index (χ3v) is 2.57. The standard InChI is InChI=1S/C12H15NO2/c1-9(14)13-11-6-4-8-15-12-7-3-2-5-10(11)12/h2-3,5,7,11H,4,6,8H2,1H3,(H,13,14). The Labute approximate surface area is 89.4 Å². The van der Waals surface area contributed by atoms with Crippen LogP contribution in [0.2, 0.25) is 0 Å². The van der Waals surface area contributed by atoms with Crippen molar-refractivity contribution in [1.82, 2.24) is 5.32 Å². The number of para-hydroxylation sites is 1. The summed E-state index contributed by atoms with van der Waals surface area (Å²) in [6.07, 6.45) is 1.91. The van der Waals surface area contributed by atoms with Gasteiger partial charge in [0.2, 0.25) is 5.91 Å². The van der Waals surface area contributed by atoms with Gasteiger partial charge in [-0.15, -0.1) is 0 Å². The van der Waals surface area contributed by atoms with Gasteiger partial charge in [-0.2, -0.15) is 0 Å². The highest BCUT2D eigenvalue weighted by Crippen LogP contribution is 2.30. The Morgan fingerprint density at radius 2 is 2.27 bits per heavy atom. The van der Waals surface area contributed by atoms with Gasteiger partial charge < -0.3 is 10.1 Å². The maximum absolute atomic E-state index is 11.1. The second kappa shape index (κ2) is 4.34. The normalized spacial score (nSPS) is 19.7. The maximum atomic E-state index is 11.1. The molecule has 0 fully saturated rings. The Kier molecular flexibility index (Phi) is 2.90. The van der Waals surface area contributed by atoms with Crippen LogP contribution in [0.15, 0.2) is 24.3 Å². The Balaban J connectivity index is 2.28. The predicted octanol–water partition coefficient (Wildman–Crippen LogP) is 2.04. The predicted molar refractivity (Wildman–Crippen MR) is 57.7 cm³/mol. The zero-order valence-electron chi connectivity index (χ0n) is 8.82. The highest BCUT2D eigenvalue weighted by molar-refractivity contribution is 5.73. The number of hydrogen-bond donors (Lipinski definition) is 1. The van der Waals surface area contributed by atoms with Gasteiger partial charge in [0.05, 0.1) is 12.6 Å². The molecule has 3 heteroatoms. The largest absolute Gasteiger partial charge is 0.493 e. The number of benzene rings is 1. The zero-order chi connectivity index (χ0) is 10.7. The summed E-state index contributed by atoms with van der Waals surface area (Å²) in [6, 6.07) is 8.00. The first-order valence-corrected chi connectivity index (χ1v) is 5.26. The molecule has 1 heterocycles. The molecule has 1 amide bonds. The fraction of sp³-hybridized carbons (Fsp3) is 0.417. The van der Waals surface area contributed by atoms with E-state index in [9.17, 15) is 4.79 Å². The van der Waals surface area contributed by atoms with E-state index in [-0.39, 0.29) is 11.9 Å². The lowest BCUT2D eigenvalue weighted by molar-refractivity contribution is -0.119. The summed E-state index contributed by atoms with van der Waals surface area (Å²) in [5.74, 6) is 0.908. The van der Waals surface area contributed by atoms with E-state index < -0.39 is 0 Å². The number of nitrogens with one attached hydrogen (secondary N) is 1. The number of hydrogen-bond acceptors (Lipinski definition) is 2. The lowest BCUT2D eigenvalue weighted by Crippen LogP contribution is -2.25. The van der Waals surface area contributed by atoms with Crippen molar-refractivity contribution in [3.05, 3.63) is 29.8 Å². The van der Waals surface area contributed by atoms with Gasteiger partial charge in [0.1, 0.15) is 5.75 Å². The van der Waals surface area contributed by atoms with Crippen LogP contribution < -0.4 is 10.1 Å². The van der Waals surface area contributed by atoms with E-state index in [1.807, 2.05) is 24.3 Å². The molecule has 0 saturated heterocycles. The zero-order valence-corrected chi connectivity index (χ0v) is 8.82. The highest BCUT2D eigenvalue weighted by atomic mass is 16.5. The summed E-state index contributed by atoms with van der Waals surface area (Å²) in [5.41, 5.74) is 1.09. The quantitative estimate of drug-likeness (QED) is 0.761. The molecule has 0 saturated carbocycles. The number of rotatable bonds is 1. The van der Waals surface area contributed by atoms with E-state index in [2.05, 4.69) is 5.32 Å². The Morgan fingerprint density at radius 3 is 3.07 bits per heavy atom. The minimum Gasteiger partial charge on any atom is -0.493 e. The van der Waals surface area contributed by atoms with Crippen molar-refractivity contribution in [1.29, 1.82) is 0 Å². The molecule has 1 aliphatic rings. The molecule has 0 bridgehead atoms. The SMILES string of the molecule is CC(=O)NC1CCCOc2ccccc21. The van der Waals surface area contributed by atoms with Crippen molar-refractivity contribution in [3.8, 4) is 5.75 Å². The Hall–Kier alpha value is -1.51. The summed E-state index contributed by atoms with van der Waals surface area (Å²) in [5, 5.41) is 2.96. The van der Waals surface area contributed by atoms with Gasteiger partial charge in [-0.05, 0) is 18.9 Å². The van der Waals surface area contributed by atoms with Gasteiger partial charge in [0.25, 0.3) is 0 Å². The molecule has 0 aliphatic carbocycles. The summed E-state index contributed by atoms with van der Waals surface area (Å²) in [4.78, 5) is 11.1. The van der Waals surface area contributed by atoms with Crippen molar-refractivity contribution in [2.45, 2.75) is 25.8 Å². The summed E-state index contributed by atoms with van der Waals surface area (Å²) in [7, 11) is 0. The molecule has 1 aromatic carbocycles. The van der Waals surface area contributed by atoms with E-state index in [0.29, 0.717) is 0 Å². The van der Waals surface area contributed by atoms with Crippen molar-refractivity contribution in [2.75, 3.05) is 6.61 Å². The molecule has 0 radical (unpaired) electrons. The van der Waals surface area contributed by atoms with Gasteiger partial charge in [0, 0.05) is 12.5 Å². The van der Waals surface area contributed by atoms with E-state index >= 15 is 0 Å². The van der Waals surface area contributed by atoms with Crippen molar-refractivity contribution >= 4 is 5.91 Å². The van der Waals surface area contributed by atoms with Crippen LogP contribution in [0, 0.1) is 0 Å². The Bertz CT molecular complexity index is 362. The molecule has 1 atom stereocenters. The van der Waals surface area contributed by atoms with Crippen molar-refractivity contribution in [2.24, 2.45) is 0 Å². The number of carbonyl (C=O) groups is 1. The third-order valence-electron chi connectivity index (χ3n) is 2.57. The monoisotopic (exact) mass is 205 g/mol. The van der Waals surface area contributed by atoms with Crippen LogP contribution in [-0.4, -0.2) is 12.5 Å². The second-order valence-electron chi connectivity index (χ2n) is 3.78. The third kappa shape index (κ3) is 2.29. The van der Waals surface area contributed by atoms with E-state index in [4.69, 9.17) is 4.74 Å². The van der Waals surface area contributed by atoms with Gasteiger partial charge in [-0.1, -0.05) is 18.2 Å². The molecule has 1 N–H and O–H groups in total. The summed E-state index contributed by atoms with van der Waals surface area (Å²) in [6.45, 7) is 2.28. The minimum atomic E-state index is 0.0108. The lowest BCUT2D eigenvalue weighted by atomic mass is 10.0. The van der Waals surface area contributed by atoms with Gasteiger partial charge in [-0.25, -0.2) is 0 Å². The second-order valence-corrected chi connectivity index (χ2v) is 3.78. The fourth-order valence-corrected chi connectivity index (χ4v) is 1.92. The van der Waals surface area contributed by atoms with Gasteiger partial charge in [-0.3, -0.25) is 4.79 Å². The summed E-state index contributed by atoms with van der Waals surface area (Å²) >= 11 is 0. The number of ether oxygens (including phenoxy) is 1. The molecule has 80 valence electrons. The van der Waals surface area contributed by atoms with Crippen LogP contribution in [0.1, 0.15) is 31.4 Å². The molecule has 1 unspecified atom stereocenters. The first-order valence-electron chi connectivity index (χ1n) is 5.26.